The quantitative estimate of drug-likeness (QED) is 0.551. The summed E-state index contributed by atoms with van der Waals surface area (Å²) in [5.41, 5.74) is 7.27. The molecule has 0 fully saturated rings. The molecular weight excluding hydrogens is 382 g/mol. The van der Waals surface area contributed by atoms with Crippen LogP contribution in [-0.4, -0.2) is 24.3 Å². The van der Waals surface area contributed by atoms with Crippen molar-refractivity contribution < 1.29 is 19.1 Å². The van der Waals surface area contributed by atoms with Gasteiger partial charge in [-0.3, -0.25) is 25.2 Å². The first kappa shape index (κ1) is 20.6. The molecule has 0 aliphatic heterocycles. The molecule has 7 nitrogen and oxygen atoms in total. The van der Waals surface area contributed by atoms with E-state index in [1.54, 1.807) is 24.3 Å². The first-order chi connectivity index (χ1) is 14.5. The van der Waals surface area contributed by atoms with Crippen LogP contribution >= 0.6 is 0 Å². The van der Waals surface area contributed by atoms with Crippen molar-refractivity contribution in [2.24, 2.45) is 0 Å². The van der Waals surface area contributed by atoms with Crippen LogP contribution in [0.2, 0.25) is 0 Å². The Kier molecular flexibility index (Phi) is 6.78. The van der Waals surface area contributed by atoms with E-state index in [0.717, 1.165) is 11.1 Å². The van der Waals surface area contributed by atoms with Crippen LogP contribution in [0.4, 0.5) is 5.69 Å². The number of amides is 3. The zero-order valence-corrected chi connectivity index (χ0v) is 16.3. The molecule has 3 aromatic rings. The highest BCUT2D eigenvalue weighted by Gasteiger charge is 2.11. The molecular formula is C23H21N3O4. The summed E-state index contributed by atoms with van der Waals surface area (Å²) in [6.07, 6.45) is 0. The highest BCUT2D eigenvalue weighted by Crippen LogP contribution is 2.29. The summed E-state index contributed by atoms with van der Waals surface area (Å²) in [6.45, 7) is 1.11. The first-order valence-electron chi connectivity index (χ1n) is 9.27. The molecule has 3 aromatic carbocycles. The summed E-state index contributed by atoms with van der Waals surface area (Å²) in [5.74, 6) is -0.702. The predicted molar refractivity (Wildman–Crippen MR) is 114 cm³/mol. The molecule has 0 bridgehead atoms. The maximum atomic E-state index is 12.2. The molecule has 7 heteroatoms. The van der Waals surface area contributed by atoms with Gasteiger partial charge in [0.1, 0.15) is 5.75 Å². The van der Waals surface area contributed by atoms with E-state index >= 15 is 0 Å². The molecule has 0 aliphatic rings. The maximum Gasteiger partial charge on any atom is 0.276 e. The summed E-state index contributed by atoms with van der Waals surface area (Å²) in [4.78, 5) is 35.5. The van der Waals surface area contributed by atoms with E-state index in [1.807, 2.05) is 48.5 Å². The monoisotopic (exact) mass is 403 g/mol. The van der Waals surface area contributed by atoms with Gasteiger partial charge in [-0.05, 0) is 29.8 Å². The topological polar surface area (TPSA) is 96.5 Å². The third-order valence-electron chi connectivity index (χ3n) is 4.09. The van der Waals surface area contributed by atoms with E-state index in [0.29, 0.717) is 11.4 Å². The van der Waals surface area contributed by atoms with Gasteiger partial charge in [0, 0.05) is 23.7 Å². The highest BCUT2D eigenvalue weighted by atomic mass is 16.5. The van der Waals surface area contributed by atoms with Crippen LogP contribution < -0.4 is 20.9 Å². The highest BCUT2D eigenvalue weighted by molar-refractivity contribution is 5.97. The standard InChI is InChI=1S/C23H21N3O4/c1-16(27)24-19-11-7-10-18(14-19)23(29)26-25-22(28)15-30-21-13-6-5-12-20(21)17-8-3-2-4-9-17/h2-14H,15H2,1H3,(H,24,27)(H,25,28)(H,26,29). The minimum atomic E-state index is -0.514. The number of hydrogen-bond donors (Lipinski definition) is 3. The van der Waals surface area contributed by atoms with E-state index in [1.165, 1.54) is 13.0 Å². The lowest BCUT2D eigenvalue weighted by Crippen LogP contribution is -2.43. The van der Waals surface area contributed by atoms with Crippen molar-refractivity contribution in [1.82, 2.24) is 10.9 Å². The Hall–Kier alpha value is -4.13. The number of para-hydroxylation sites is 1. The minimum absolute atomic E-state index is 0.242. The second-order valence-corrected chi connectivity index (χ2v) is 6.42. The summed E-state index contributed by atoms with van der Waals surface area (Å²) in [7, 11) is 0. The number of hydrazine groups is 1. The average molecular weight is 403 g/mol. The zero-order valence-electron chi connectivity index (χ0n) is 16.3. The Balaban J connectivity index is 1.55. The van der Waals surface area contributed by atoms with Gasteiger partial charge in [-0.15, -0.1) is 0 Å². The molecule has 0 saturated carbocycles. The predicted octanol–water partition coefficient (Wildman–Crippen LogP) is 3.15. The molecule has 0 aromatic heterocycles. The molecule has 3 amide bonds. The van der Waals surface area contributed by atoms with Crippen LogP contribution in [0.3, 0.4) is 0 Å². The summed E-state index contributed by atoms with van der Waals surface area (Å²) in [6, 6.07) is 23.5. The third-order valence-corrected chi connectivity index (χ3v) is 4.09. The molecule has 0 radical (unpaired) electrons. The van der Waals surface area contributed by atoms with Gasteiger partial charge in [0.2, 0.25) is 5.91 Å². The summed E-state index contributed by atoms with van der Waals surface area (Å²) < 4.78 is 5.64. The van der Waals surface area contributed by atoms with Crippen molar-refractivity contribution in [2.75, 3.05) is 11.9 Å². The van der Waals surface area contributed by atoms with E-state index in [9.17, 15) is 14.4 Å². The lowest BCUT2D eigenvalue weighted by atomic mass is 10.1. The maximum absolute atomic E-state index is 12.2. The van der Waals surface area contributed by atoms with E-state index in [-0.39, 0.29) is 18.1 Å². The number of ether oxygens (including phenoxy) is 1. The largest absolute Gasteiger partial charge is 0.483 e. The Labute approximate surface area is 174 Å². The van der Waals surface area contributed by atoms with Crippen LogP contribution in [0.5, 0.6) is 5.75 Å². The van der Waals surface area contributed by atoms with Gasteiger partial charge in [0.25, 0.3) is 11.8 Å². The summed E-state index contributed by atoms with van der Waals surface area (Å²) >= 11 is 0. The van der Waals surface area contributed by atoms with Crippen molar-refractivity contribution in [3.8, 4) is 16.9 Å². The Bertz CT molecular complexity index is 1050. The van der Waals surface area contributed by atoms with Gasteiger partial charge in [0.05, 0.1) is 0 Å². The number of carbonyl (C=O) groups is 3. The van der Waals surface area contributed by atoms with Crippen molar-refractivity contribution in [1.29, 1.82) is 0 Å². The first-order valence-corrected chi connectivity index (χ1v) is 9.27. The molecule has 0 aliphatic carbocycles. The Morgan fingerprint density at radius 1 is 0.833 bits per heavy atom. The smallest absolute Gasteiger partial charge is 0.276 e. The molecule has 0 atom stereocenters. The number of anilines is 1. The van der Waals surface area contributed by atoms with E-state index in [4.69, 9.17) is 4.74 Å². The molecule has 0 heterocycles. The van der Waals surface area contributed by atoms with Crippen molar-refractivity contribution >= 4 is 23.4 Å². The van der Waals surface area contributed by atoms with Crippen LogP contribution in [0.25, 0.3) is 11.1 Å². The van der Waals surface area contributed by atoms with Gasteiger partial charge in [-0.25, -0.2) is 0 Å². The van der Waals surface area contributed by atoms with E-state index < -0.39 is 11.8 Å². The number of benzene rings is 3. The zero-order chi connectivity index (χ0) is 21.3. The fourth-order valence-electron chi connectivity index (χ4n) is 2.77. The van der Waals surface area contributed by atoms with Crippen LogP contribution in [0.1, 0.15) is 17.3 Å². The minimum Gasteiger partial charge on any atom is -0.483 e. The van der Waals surface area contributed by atoms with Gasteiger partial charge in [0.15, 0.2) is 6.61 Å². The molecule has 0 spiro atoms. The number of carbonyl (C=O) groups excluding carboxylic acids is 3. The van der Waals surface area contributed by atoms with Gasteiger partial charge in [-0.2, -0.15) is 0 Å². The average Bonchev–Trinajstić information content (AvgIpc) is 2.76. The Morgan fingerprint density at radius 3 is 2.33 bits per heavy atom. The molecule has 152 valence electrons. The number of hydrogen-bond acceptors (Lipinski definition) is 4. The van der Waals surface area contributed by atoms with Crippen LogP contribution in [0, 0.1) is 0 Å². The second-order valence-electron chi connectivity index (χ2n) is 6.42. The van der Waals surface area contributed by atoms with Gasteiger partial charge >= 0.3 is 0 Å². The number of rotatable bonds is 6. The SMILES string of the molecule is CC(=O)Nc1cccc(C(=O)NNC(=O)COc2ccccc2-c2ccccc2)c1. The van der Waals surface area contributed by atoms with Crippen molar-refractivity contribution in [3.05, 3.63) is 84.4 Å². The molecule has 30 heavy (non-hydrogen) atoms. The van der Waals surface area contributed by atoms with Gasteiger partial charge < -0.3 is 10.1 Å². The second kappa shape index (κ2) is 9.88. The van der Waals surface area contributed by atoms with Crippen molar-refractivity contribution in [3.63, 3.8) is 0 Å². The molecule has 3 rings (SSSR count). The normalized spacial score (nSPS) is 10.0. The molecule has 0 saturated heterocycles. The molecule has 3 N–H and O–H groups in total. The molecule has 0 unspecified atom stereocenters. The fourth-order valence-corrected chi connectivity index (χ4v) is 2.77. The van der Waals surface area contributed by atoms with Crippen LogP contribution in [0.15, 0.2) is 78.9 Å². The van der Waals surface area contributed by atoms with E-state index in [2.05, 4.69) is 16.2 Å². The summed E-state index contributed by atoms with van der Waals surface area (Å²) in [5, 5.41) is 2.60. The third kappa shape index (κ3) is 5.68. The Morgan fingerprint density at radius 2 is 1.57 bits per heavy atom. The number of nitrogens with one attached hydrogen (secondary N) is 3. The van der Waals surface area contributed by atoms with Crippen molar-refractivity contribution in [2.45, 2.75) is 6.92 Å². The lowest BCUT2D eigenvalue weighted by Gasteiger charge is -2.12. The van der Waals surface area contributed by atoms with Crippen LogP contribution in [-0.2, 0) is 9.59 Å². The lowest BCUT2D eigenvalue weighted by molar-refractivity contribution is -0.123. The van der Waals surface area contributed by atoms with Gasteiger partial charge in [-0.1, -0.05) is 54.6 Å². The fraction of sp³-hybridized carbons (Fsp3) is 0.0870.